The van der Waals surface area contributed by atoms with Crippen LogP contribution in [-0.2, 0) is 9.90 Å². The van der Waals surface area contributed by atoms with Crippen molar-refractivity contribution in [1.29, 1.82) is 0 Å². The van der Waals surface area contributed by atoms with Crippen LogP contribution < -0.4 is 0 Å². The van der Waals surface area contributed by atoms with Gasteiger partial charge in [-0.25, -0.2) is 9.90 Å². The Labute approximate surface area is 163 Å². The molecule has 0 spiro atoms. The lowest BCUT2D eigenvalue weighted by Gasteiger charge is -2.03. The van der Waals surface area contributed by atoms with Crippen LogP contribution in [-0.4, -0.2) is 5.97 Å². The van der Waals surface area contributed by atoms with E-state index in [0.29, 0.717) is 0 Å². The van der Waals surface area contributed by atoms with E-state index in [9.17, 15) is 9.90 Å². The van der Waals surface area contributed by atoms with E-state index in [1.807, 2.05) is 0 Å². The zero-order valence-electron chi connectivity index (χ0n) is 17.6. The standard InChI is InChI=1S/C24H45O2/c1-2-3-4-5-6-7-8-9-10-11-12-13-14-15-16-17-18-19-20-21-22-23-24(25)26/h22-23H,2-21H2,1H3/b23-22+. The van der Waals surface area contributed by atoms with Gasteiger partial charge in [-0.05, 0) is 12.8 Å². The number of carbonyl (C=O) groups excluding carboxylic acids is 1. The molecule has 0 aliphatic heterocycles. The van der Waals surface area contributed by atoms with Crippen LogP contribution in [0.1, 0.15) is 135 Å². The van der Waals surface area contributed by atoms with E-state index >= 15 is 0 Å². The van der Waals surface area contributed by atoms with Gasteiger partial charge in [0.25, 0.3) is 0 Å². The van der Waals surface area contributed by atoms with E-state index in [2.05, 4.69) is 6.92 Å². The minimum absolute atomic E-state index is 0.868. The van der Waals surface area contributed by atoms with Crippen molar-refractivity contribution < 1.29 is 9.90 Å². The maximum absolute atomic E-state index is 10.2. The SMILES string of the molecule is CCCCCCCCCCCCCCCCCCCCC/C=C/C([O])=O. The summed E-state index contributed by atoms with van der Waals surface area (Å²) >= 11 is 0. The minimum atomic E-state index is -1.08. The molecule has 0 rings (SSSR count). The van der Waals surface area contributed by atoms with Gasteiger partial charge >= 0.3 is 5.97 Å². The second-order valence-electron chi connectivity index (χ2n) is 7.87. The van der Waals surface area contributed by atoms with Crippen LogP contribution >= 0.6 is 0 Å². The molecule has 0 aromatic heterocycles. The molecule has 0 bridgehead atoms. The highest BCUT2D eigenvalue weighted by atomic mass is 16.4. The molecular formula is C24H45O2. The Balaban J connectivity index is 3.02. The Kier molecular flexibility index (Phi) is 21.6. The average molecular weight is 366 g/mol. The fraction of sp³-hybridized carbons (Fsp3) is 0.875. The van der Waals surface area contributed by atoms with Gasteiger partial charge in [-0.3, -0.25) is 0 Å². The van der Waals surface area contributed by atoms with Gasteiger partial charge in [-0.15, -0.1) is 0 Å². The van der Waals surface area contributed by atoms with Crippen molar-refractivity contribution >= 4 is 5.97 Å². The highest BCUT2D eigenvalue weighted by molar-refractivity contribution is 5.79. The molecule has 0 atom stereocenters. The first-order valence-corrected chi connectivity index (χ1v) is 11.6. The van der Waals surface area contributed by atoms with Crippen LogP contribution in [0.4, 0.5) is 0 Å². The van der Waals surface area contributed by atoms with Gasteiger partial charge in [-0.1, -0.05) is 129 Å². The van der Waals surface area contributed by atoms with Gasteiger partial charge in [0.15, 0.2) is 0 Å². The van der Waals surface area contributed by atoms with Crippen molar-refractivity contribution in [3.05, 3.63) is 12.2 Å². The summed E-state index contributed by atoms with van der Waals surface area (Å²) in [5.41, 5.74) is 0. The molecular weight excluding hydrogens is 320 g/mol. The molecule has 0 aliphatic carbocycles. The molecule has 0 fully saturated rings. The lowest BCUT2D eigenvalue weighted by molar-refractivity contribution is -0.137. The smallest absolute Gasteiger partial charge is 0.242 e. The number of carbonyl (C=O) groups is 1. The van der Waals surface area contributed by atoms with E-state index < -0.39 is 5.97 Å². The molecule has 0 unspecified atom stereocenters. The third-order valence-corrected chi connectivity index (χ3v) is 5.23. The summed E-state index contributed by atoms with van der Waals surface area (Å²) in [6.45, 7) is 2.28. The second kappa shape index (κ2) is 22.3. The molecule has 0 aliphatic rings. The normalized spacial score (nSPS) is 11.4. The molecule has 0 saturated heterocycles. The number of unbranched alkanes of at least 4 members (excludes halogenated alkanes) is 19. The van der Waals surface area contributed by atoms with E-state index in [0.717, 1.165) is 18.9 Å². The van der Waals surface area contributed by atoms with E-state index in [4.69, 9.17) is 0 Å². The zero-order valence-corrected chi connectivity index (χ0v) is 17.6. The van der Waals surface area contributed by atoms with Crippen LogP contribution in [0, 0.1) is 0 Å². The highest BCUT2D eigenvalue weighted by Gasteiger charge is 1.95. The van der Waals surface area contributed by atoms with Crippen molar-refractivity contribution in [2.24, 2.45) is 0 Å². The molecule has 26 heavy (non-hydrogen) atoms. The largest absolute Gasteiger partial charge is 0.378 e. The van der Waals surface area contributed by atoms with Crippen molar-refractivity contribution in [3.63, 3.8) is 0 Å². The Bertz CT molecular complexity index is 309. The molecule has 0 N–H and O–H groups in total. The van der Waals surface area contributed by atoms with Gasteiger partial charge in [0, 0.05) is 6.08 Å². The molecule has 0 aromatic carbocycles. The number of hydrogen-bond acceptors (Lipinski definition) is 1. The van der Waals surface area contributed by atoms with Crippen molar-refractivity contribution in [1.82, 2.24) is 0 Å². The topological polar surface area (TPSA) is 37.0 Å². The van der Waals surface area contributed by atoms with Gasteiger partial charge in [0.1, 0.15) is 0 Å². The fourth-order valence-corrected chi connectivity index (χ4v) is 3.52. The predicted octanol–water partition coefficient (Wildman–Crippen LogP) is 8.32. The van der Waals surface area contributed by atoms with Gasteiger partial charge in [0.2, 0.25) is 0 Å². The lowest BCUT2D eigenvalue weighted by Crippen LogP contribution is -1.84. The Hall–Kier alpha value is -0.790. The minimum Gasteiger partial charge on any atom is -0.242 e. The Morgan fingerprint density at radius 1 is 0.538 bits per heavy atom. The summed E-state index contributed by atoms with van der Waals surface area (Å²) in [5, 5.41) is 10.2. The van der Waals surface area contributed by atoms with Crippen molar-refractivity contribution in [3.8, 4) is 0 Å². The van der Waals surface area contributed by atoms with Crippen molar-refractivity contribution in [2.75, 3.05) is 0 Å². The predicted molar refractivity (Wildman–Crippen MR) is 113 cm³/mol. The highest BCUT2D eigenvalue weighted by Crippen LogP contribution is 2.14. The summed E-state index contributed by atoms with van der Waals surface area (Å²) in [6, 6.07) is 0. The first kappa shape index (κ1) is 25.2. The molecule has 0 amide bonds. The quantitative estimate of drug-likeness (QED) is 0.149. The first-order valence-electron chi connectivity index (χ1n) is 11.6. The first-order chi connectivity index (χ1) is 12.8. The van der Waals surface area contributed by atoms with Crippen LogP contribution in [0.15, 0.2) is 12.2 Å². The third kappa shape index (κ3) is 23.2. The summed E-state index contributed by atoms with van der Waals surface area (Å²) in [6.07, 6.45) is 30.1. The maximum Gasteiger partial charge on any atom is 0.378 e. The molecule has 0 saturated carbocycles. The lowest BCUT2D eigenvalue weighted by atomic mass is 10.0. The number of allylic oxidation sites excluding steroid dienone is 1. The molecule has 2 heteroatoms. The van der Waals surface area contributed by atoms with Crippen LogP contribution in [0.25, 0.3) is 0 Å². The van der Waals surface area contributed by atoms with Gasteiger partial charge in [-0.2, -0.15) is 0 Å². The summed E-state index contributed by atoms with van der Waals surface area (Å²) in [5.74, 6) is -1.08. The summed E-state index contributed by atoms with van der Waals surface area (Å²) in [4.78, 5) is 10.2. The molecule has 1 radical (unpaired) electrons. The maximum atomic E-state index is 10.2. The molecule has 153 valence electrons. The monoisotopic (exact) mass is 365 g/mol. The molecule has 0 heterocycles. The third-order valence-electron chi connectivity index (χ3n) is 5.23. The average Bonchev–Trinajstić information content (AvgIpc) is 2.62. The molecule has 0 aromatic rings. The van der Waals surface area contributed by atoms with Crippen molar-refractivity contribution in [2.45, 2.75) is 135 Å². The van der Waals surface area contributed by atoms with Crippen LogP contribution in [0.5, 0.6) is 0 Å². The molecule has 2 nitrogen and oxygen atoms in total. The van der Waals surface area contributed by atoms with E-state index in [1.54, 1.807) is 6.08 Å². The van der Waals surface area contributed by atoms with Crippen LogP contribution in [0.3, 0.4) is 0 Å². The zero-order chi connectivity index (χ0) is 19.1. The summed E-state index contributed by atoms with van der Waals surface area (Å²) in [7, 11) is 0. The Morgan fingerprint density at radius 2 is 0.846 bits per heavy atom. The van der Waals surface area contributed by atoms with E-state index in [-0.39, 0.29) is 0 Å². The van der Waals surface area contributed by atoms with Gasteiger partial charge in [0.05, 0.1) is 0 Å². The number of rotatable bonds is 21. The number of hydrogen-bond donors (Lipinski definition) is 0. The van der Waals surface area contributed by atoms with Gasteiger partial charge < -0.3 is 0 Å². The van der Waals surface area contributed by atoms with E-state index in [1.165, 1.54) is 116 Å². The second-order valence-corrected chi connectivity index (χ2v) is 7.87. The Morgan fingerprint density at radius 3 is 1.15 bits per heavy atom. The van der Waals surface area contributed by atoms with Crippen LogP contribution in [0.2, 0.25) is 0 Å². The fourth-order valence-electron chi connectivity index (χ4n) is 3.52. The summed E-state index contributed by atoms with van der Waals surface area (Å²) < 4.78 is 0.